The number of nitrogens with zero attached hydrogens (tertiary/aromatic N) is 3. The normalized spacial score (nSPS) is 10.8. The van der Waals surface area contributed by atoms with E-state index in [0.29, 0.717) is 18.7 Å². The highest BCUT2D eigenvalue weighted by Gasteiger charge is 1.98. The molecule has 0 aliphatic heterocycles. The smallest absolute Gasteiger partial charge is 0.244 e. The largest absolute Gasteiger partial charge is 0.351 e. The Hall–Kier alpha value is -2.50. The molecule has 0 unspecified atom stereocenters. The maximum atomic E-state index is 13.3. The van der Waals surface area contributed by atoms with Crippen molar-refractivity contribution >= 4 is 12.0 Å². The number of carbonyl (C=O) groups is 1. The number of rotatable bonds is 5. The maximum absolute atomic E-state index is 13.3. The van der Waals surface area contributed by atoms with E-state index in [1.54, 1.807) is 35.3 Å². The lowest BCUT2D eigenvalue weighted by Crippen LogP contribution is -2.25. The molecule has 1 amide bonds. The van der Waals surface area contributed by atoms with Gasteiger partial charge in [-0.2, -0.15) is 0 Å². The van der Waals surface area contributed by atoms with Crippen molar-refractivity contribution < 1.29 is 9.18 Å². The van der Waals surface area contributed by atoms with Crippen molar-refractivity contribution in [2.75, 3.05) is 6.54 Å². The summed E-state index contributed by atoms with van der Waals surface area (Å²) in [5, 5.41) is 10.1. The predicted molar refractivity (Wildman–Crippen MR) is 68.5 cm³/mol. The highest BCUT2D eigenvalue weighted by molar-refractivity contribution is 5.91. The second-order valence-corrected chi connectivity index (χ2v) is 3.81. The number of benzene rings is 1. The van der Waals surface area contributed by atoms with Crippen molar-refractivity contribution in [3.63, 3.8) is 0 Å². The van der Waals surface area contributed by atoms with Gasteiger partial charge in [-0.1, -0.05) is 23.4 Å². The van der Waals surface area contributed by atoms with E-state index in [0.717, 1.165) is 0 Å². The summed E-state index contributed by atoms with van der Waals surface area (Å²) in [5.74, 6) is -0.627. The van der Waals surface area contributed by atoms with Gasteiger partial charge in [0.25, 0.3) is 0 Å². The van der Waals surface area contributed by atoms with Gasteiger partial charge in [-0.3, -0.25) is 9.48 Å². The van der Waals surface area contributed by atoms with Gasteiger partial charge in [0.1, 0.15) is 5.82 Å². The Morgan fingerprint density at radius 3 is 3.00 bits per heavy atom. The Morgan fingerprint density at radius 2 is 2.26 bits per heavy atom. The third-order valence-electron chi connectivity index (χ3n) is 2.43. The van der Waals surface area contributed by atoms with Crippen molar-refractivity contribution in [3.8, 4) is 0 Å². The van der Waals surface area contributed by atoms with Crippen LogP contribution in [0.3, 0.4) is 0 Å². The molecule has 0 spiro atoms. The molecule has 0 radical (unpaired) electrons. The summed E-state index contributed by atoms with van der Waals surface area (Å²) in [5.41, 5.74) is 0.383. The highest BCUT2D eigenvalue weighted by Crippen LogP contribution is 2.07. The molecule has 0 aliphatic carbocycles. The molecule has 6 heteroatoms. The molecule has 0 aliphatic rings. The average Bonchev–Trinajstić information content (AvgIpc) is 2.91. The molecule has 98 valence electrons. The van der Waals surface area contributed by atoms with Gasteiger partial charge in [-0.25, -0.2) is 4.39 Å². The van der Waals surface area contributed by atoms with Gasteiger partial charge in [0, 0.05) is 24.4 Å². The summed E-state index contributed by atoms with van der Waals surface area (Å²) in [4.78, 5) is 11.5. The number of nitrogens with one attached hydrogen (secondary N) is 1. The van der Waals surface area contributed by atoms with Crippen LogP contribution in [0.2, 0.25) is 0 Å². The number of carbonyl (C=O) groups excluding carboxylic acids is 1. The van der Waals surface area contributed by atoms with Crippen LogP contribution < -0.4 is 5.32 Å². The zero-order chi connectivity index (χ0) is 13.5. The number of hydrogen-bond acceptors (Lipinski definition) is 3. The minimum absolute atomic E-state index is 0.275. The van der Waals surface area contributed by atoms with E-state index in [1.165, 1.54) is 18.2 Å². The van der Waals surface area contributed by atoms with Crippen molar-refractivity contribution in [3.05, 3.63) is 54.1 Å². The first-order valence-corrected chi connectivity index (χ1v) is 5.80. The average molecular weight is 260 g/mol. The summed E-state index contributed by atoms with van der Waals surface area (Å²) in [6.45, 7) is 0.975. The van der Waals surface area contributed by atoms with Crippen molar-refractivity contribution in [2.45, 2.75) is 6.54 Å². The van der Waals surface area contributed by atoms with E-state index in [2.05, 4.69) is 15.6 Å². The molecule has 0 saturated heterocycles. The second-order valence-electron chi connectivity index (χ2n) is 3.81. The van der Waals surface area contributed by atoms with Crippen molar-refractivity contribution in [1.29, 1.82) is 0 Å². The lowest BCUT2D eigenvalue weighted by Gasteiger charge is -2.01. The Labute approximate surface area is 109 Å². The fourth-order valence-corrected chi connectivity index (χ4v) is 1.48. The summed E-state index contributed by atoms with van der Waals surface area (Å²) in [7, 11) is 0. The van der Waals surface area contributed by atoms with Crippen LogP contribution in [0.5, 0.6) is 0 Å². The standard InChI is InChI=1S/C13H13FN4O/c14-12-4-2-1-3-11(12)5-6-13(19)15-7-9-18-10-8-16-17-18/h1-6,8,10H,7,9H2,(H,15,19). The summed E-state index contributed by atoms with van der Waals surface area (Å²) in [6, 6.07) is 6.27. The number of halogens is 1. The Morgan fingerprint density at radius 1 is 1.42 bits per heavy atom. The molecule has 1 N–H and O–H groups in total. The third-order valence-corrected chi connectivity index (χ3v) is 2.43. The summed E-state index contributed by atoms with van der Waals surface area (Å²) in [6.07, 6.45) is 6.03. The van der Waals surface area contributed by atoms with Gasteiger partial charge in [0.15, 0.2) is 0 Å². The maximum Gasteiger partial charge on any atom is 0.244 e. The first kappa shape index (κ1) is 12.9. The van der Waals surface area contributed by atoms with Crippen LogP contribution in [-0.4, -0.2) is 27.4 Å². The predicted octanol–water partition coefficient (Wildman–Crippen LogP) is 1.25. The van der Waals surface area contributed by atoms with Gasteiger partial charge in [-0.05, 0) is 12.1 Å². The molecule has 0 bridgehead atoms. The second kappa shape index (κ2) is 6.44. The number of aromatic nitrogens is 3. The molecule has 5 nitrogen and oxygen atoms in total. The molecule has 1 heterocycles. The van der Waals surface area contributed by atoms with Gasteiger partial charge < -0.3 is 5.32 Å². The fourth-order valence-electron chi connectivity index (χ4n) is 1.48. The first-order valence-electron chi connectivity index (χ1n) is 5.80. The summed E-state index contributed by atoms with van der Waals surface area (Å²) >= 11 is 0. The topological polar surface area (TPSA) is 59.8 Å². The van der Waals surface area contributed by atoms with E-state index in [9.17, 15) is 9.18 Å². The lowest BCUT2D eigenvalue weighted by molar-refractivity contribution is -0.116. The first-order chi connectivity index (χ1) is 9.25. The Bertz CT molecular complexity index is 566. The molecule has 0 saturated carbocycles. The van der Waals surface area contributed by atoms with E-state index < -0.39 is 0 Å². The van der Waals surface area contributed by atoms with Crippen LogP contribution in [0.25, 0.3) is 6.08 Å². The zero-order valence-electron chi connectivity index (χ0n) is 10.2. The van der Waals surface area contributed by atoms with Crippen LogP contribution >= 0.6 is 0 Å². The molecular weight excluding hydrogens is 247 g/mol. The monoisotopic (exact) mass is 260 g/mol. The molecule has 1 aromatic heterocycles. The minimum atomic E-state index is -0.353. The highest BCUT2D eigenvalue weighted by atomic mass is 19.1. The van der Waals surface area contributed by atoms with Crippen LogP contribution in [0.4, 0.5) is 4.39 Å². The van der Waals surface area contributed by atoms with Crippen molar-refractivity contribution in [2.24, 2.45) is 0 Å². The zero-order valence-corrected chi connectivity index (χ0v) is 10.2. The number of hydrogen-bond donors (Lipinski definition) is 1. The van der Waals surface area contributed by atoms with Gasteiger partial charge in [0.2, 0.25) is 5.91 Å². The third kappa shape index (κ3) is 4.02. The quantitative estimate of drug-likeness (QED) is 0.823. The fraction of sp³-hybridized carbons (Fsp3) is 0.154. The van der Waals surface area contributed by atoms with Gasteiger partial charge in [0.05, 0.1) is 12.7 Å². The van der Waals surface area contributed by atoms with Crippen LogP contribution in [-0.2, 0) is 11.3 Å². The molecule has 1 aromatic carbocycles. The molecule has 19 heavy (non-hydrogen) atoms. The Kier molecular flexibility index (Phi) is 4.39. The van der Waals surface area contributed by atoms with E-state index in [4.69, 9.17) is 0 Å². The van der Waals surface area contributed by atoms with E-state index in [1.807, 2.05) is 0 Å². The van der Waals surface area contributed by atoms with E-state index in [-0.39, 0.29) is 11.7 Å². The van der Waals surface area contributed by atoms with Crippen LogP contribution in [0, 0.1) is 5.82 Å². The lowest BCUT2D eigenvalue weighted by atomic mass is 10.2. The van der Waals surface area contributed by atoms with E-state index >= 15 is 0 Å². The summed E-state index contributed by atoms with van der Waals surface area (Å²) < 4.78 is 14.9. The van der Waals surface area contributed by atoms with Gasteiger partial charge in [-0.15, -0.1) is 5.10 Å². The molecule has 0 atom stereocenters. The molecule has 2 rings (SSSR count). The number of amides is 1. The molecule has 2 aromatic rings. The molecular formula is C13H13FN4O. The Balaban J connectivity index is 1.79. The SMILES string of the molecule is O=C(C=Cc1ccccc1F)NCCn1ccnn1. The van der Waals surface area contributed by atoms with Crippen molar-refractivity contribution in [1.82, 2.24) is 20.3 Å². The van der Waals surface area contributed by atoms with Gasteiger partial charge >= 0.3 is 0 Å². The van der Waals surface area contributed by atoms with Crippen LogP contribution in [0.1, 0.15) is 5.56 Å². The minimum Gasteiger partial charge on any atom is -0.351 e. The molecule has 0 fully saturated rings. The van der Waals surface area contributed by atoms with Crippen LogP contribution in [0.15, 0.2) is 42.7 Å².